The molecular formula is C22H21N3O2S2. The van der Waals surface area contributed by atoms with E-state index in [1.165, 1.54) is 16.2 Å². The Hall–Kier alpha value is -2.51. The molecule has 0 spiro atoms. The monoisotopic (exact) mass is 423 g/mol. The Morgan fingerprint density at radius 1 is 0.931 bits per heavy atom. The topological polar surface area (TPSA) is 53.5 Å². The first-order valence-corrected chi connectivity index (χ1v) is 11.6. The normalized spacial score (nSPS) is 21.2. The van der Waals surface area contributed by atoms with E-state index in [-0.39, 0.29) is 17.7 Å². The quantitative estimate of drug-likeness (QED) is 0.638. The Morgan fingerprint density at radius 2 is 1.69 bits per heavy atom. The number of hydrogen-bond donors (Lipinski definition) is 0. The summed E-state index contributed by atoms with van der Waals surface area (Å²) in [6.07, 6.45) is 0.958. The predicted molar refractivity (Wildman–Crippen MR) is 115 cm³/mol. The molecule has 5 rings (SSSR count). The first kappa shape index (κ1) is 18.5. The number of benzene rings is 1. The number of amides is 2. The highest BCUT2D eigenvalue weighted by Gasteiger charge is 2.46. The highest BCUT2D eigenvalue weighted by molar-refractivity contribution is 7.13. The van der Waals surface area contributed by atoms with Gasteiger partial charge in [0, 0.05) is 53.8 Å². The maximum absolute atomic E-state index is 12.8. The highest BCUT2D eigenvalue weighted by atomic mass is 32.1. The molecule has 0 N–H and O–H groups in total. The lowest BCUT2D eigenvalue weighted by Gasteiger charge is -2.34. The average Bonchev–Trinajstić information content (AvgIpc) is 3.17. The Labute approximate surface area is 177 Å². The molecule has 2 aliphatic rings. The van der Waals surface area contributed by atoms with E-state index in [0.29, 0.717) is 37.8 Å². The molecule has 7 heteroatoms. The molecule has 5 nitrogen and oxygen atoms in total. The fourth-order valence-electron chi connectivity index (χ4n) is 3.90. The third kappa shape index (κ3) is 3.72. The Bertz CT molecular complexity index is 1010. The van der Waals surface area contributed by atoms with Gasteiger partial charge in [0.25, 0.3) is 5.91 Å². The molecule has 1 aliphatic heterocycles. The Kier molecular flexibility index (Phi) is 4.93. The van der Waals surface area contributed by atoms with Crippen LogP contribution in [0.4, 0.5) is 0 Å². The number of thiazole rings is 1. The van der Waals surface area contributed by atoms with E-state index in [0.717, 1.165) is 17.0 Å². The van der Waals surface area contributed by atoms with Gasteiger partial charge in [-0.25, -0.2) is 4.98 Å². The first-order valence-electron chi connectivity index (χ1n) is 9.83. The van der Waals surface area contributed by atoms with E-state index in [9.17, 15) is 9.59 Å². The molecule has 3 aromatic rings. The second-order valence-corrected chi connectivity index (χ2v) is 9.32. The first-order chi connectivity index (χ1) is 14.2. The van der Waals surface area contributed by atoms with Gasteiger partial charge in [0.2, 0.25) is 5.91 Å². The summed E-state index contributed by atoms with van der Waals surface area (Å²) in [5.74, 6) is 0.727. The highest BCUT2D eigenvalue weighted by Crippen LogP contribution is 2.50. The molecule has 1 aromatic carbocycles. The number of aromatic nitrogens is 1. The Balaban J connectivity index is 1.17. The van der Waals surface area contributed by atoms with Gasteiger partial charge < -0.3 is 9.80 Å². The molecule has 29 heavy (non-hydrogen) atoms. The van der Waals surface area contributed by atoms with Crippen molar-refractivity contribution >= 4 is 34.5 Å². The molecule has 2 atom stereocenters. The van der Waals surface area contributed by atoms with Crippen molar-refractivity contribution in [3.8, 4) is 10.6 Å². The van der Waals surface area contributed by atoms with Crippen LogP contribution < -0.4 is 0 Å². The molecule has 0 radical (unpaired) electrons. The third-order valence-corrected chi connectivity index (χ3v) is 7.53. The number of carbonyl (C=O) groups is 2. The number of hydrogen-bond acceptors (Lipinski definition) is 5. The van der Waals surface area contributed by atoms with Crippen molar-refractivity contribution < 1.29 is 9.59 Å². The lowest BCUT2D eigenvalue weighted by atomic mass is 10.2. The fraction of sp³-hybridized carbons (Fsp3) is 0.318. The van der Waals surface area contributed by atoms with Gasteiger partial charge >= 0.3 is 0 Å². The molecule has 1 aliphatic carbocycles. The maximum atomic E-state index is 12.8. The van der Waals surface area contributed by atoms with Crippen molar-refractivity contribution in [1.29, 1.82) is 0 Å². The molecule has 148 valence electrons. The summed E-state index contributed by atoms with van der Waals surface area (Å²) >= 11 is 3.22. The van der Waals surface area contributed by atoms with Crippen LogP contribution in [-0.4, -0.2) is 52.8 Å². The van der Waals surface area contributed by atoms with Crippen LogP contribution in [0.25, 0.3) is 10.6 Å². The van der Waals surface area contributed by atoms with Crippen LogP contribution in [0, 0.1) is 5.92 Å². The summed E-state index contributed by atoms with van der Waals surface area (Å²) in [5, 5.41) is 4.76. The summed E-state index contributed by atoms with van der Waals surface area (Å²) in [7, 11) is 0. The van der Waals surface area contributed by atoms with E-state index >= 15 is 0 Å². The SMILES string of the molecule is O=C(c1csc(-c2ccccc2)n1)N1CCN(C(=O)[C@H]2C[C@H]2c2cccs2)CC1. The smallest absolute Gasteiger partial charge is 0.273 e. The van der Waals surface area contributed by atoms with E-state index in [1.54, 1.807) is 11.3 Å². The zero-order valence-electron chi connectivity index (χ0n) is 15.9. The minimum atomic E-state index is -0.0431. The van der Waals surface area contributed by atoms with Gasteiger partial charge in [-0.05, 0) is 17.9 Å². The average molecular weight is 424 g/mol. The predicted octanol–water partition coefficient (Wildman–Crippen LogP) is 3.96. The molecule has 1 saturated heterocycles. The van der Waals surface area contributed by atoms with Crippen LogP contribution in [0.3, 0.4) is 0 Å². The van der Waals surface area contributed by atoms with E-state index in [4.69, 9.17) is 0 Å². The van der Waals surface area contributed by atoms with Crippen molar-refractivity contribution in [1.82, 2.24) is 14.8 Å². The summed E-state index contributed by atoms with van der Waals surface area (Å²) < 4.78 is 0. The van der Waals surface area contributed by atoms with Crippen molar-refractivity contribution in [2.45, 2.75) is 12.3 Å². The van der Waals surface area contributed by atoms with E-state index in [1.807, 2.05) is 51.6 Å². The molecule has 2 fully saturated rings. The zero-order chi connectivity index (χ0) is 19.8. The minimum Gasteiger partial charge on any atom is -0.339 e. The van der Waals surface area contributed by atoms with Crippen molar-refractivity contribution in [3.63, 3.8) is 0 Å². The van der Waals surface area contributed by atoms with Crippen LogP contribution in [0.2, 0.25) is 0 Å². The molecule has 0 bridgehead atoms. The molecule has 2 amide bonds. The number of rotatable bonds is 4. The molecule has 0 unspecified atom stereocenters. The van der Waals surface area contributed by atoms with Gasteiger partial charge in [-0.1, -0.05) is 36.4 Å². The summed E-state index contributed by atoms with van der Waals surface area (Å²) in [6, 6.07) is 14.1. The standard InChI is InChI=1S/C22H21N3O2S2/c26-21(17-13-16(17)19-7-4-12-28-19)24-8-10-25(11-9-24)22(27)18-14-29-20(23-18)15-5-2-1-3-6-15/h1-7,12,14,16-17H,8-11,13H2/t16-,17+/m1/s1. The lowest BCUT2D eigenvalue weighted by Crippen LogP contribution is -2.51. The van der Waals surface area contributed by atoms with Crippen molar-refractivity contribution in [3.05, 3.63) is 63.8 Å². The van der Waals surface area contributed by atoms with E-state index < -0.39 is 0 Å². The zero-order valence-corrected chi connectivity index (χ0v) is 17.5. The molecular weight excluding hydrogens is 402 g/mol. The van der Waals surface area contributed by atoms with Gasteiger partial charge in [0.15, 0.2) is 0 Å². The largest absolute Gasteiger partial charge is 0.339 e. The Morgan fingerprint density at radius 3 is 2.41 bits per heavy atom. The van der Waals surface area contributed by atoms with E-state index in [2.05, 4.69) is 16.4 Å². The second-order valence-electron chi connectivity index (χ2n) is 7.49. The number of thiophene rings is 1. The lowest BCUT2D eigenvalue weighted by molar-refractivity contribution is -0.134. The van der Waals surface area contributed by atoms with Crippen LogP contribution >= 0.6 is 22.7 Å². The summed E-state index contributed by atoms with van der Waals surface area (Å²) in [4.78, 5) is 35.2. The summed E-state index contributed by atoms with van der Waals surface area (Å²) in [5.41, 5.74) is 1.52. The van der Waals surface area contributed by atoms with Gasteiger partial charge in [0.05, 0.1) is 0 Å². The van der Waals surface area contributed by atoms with Gasteiger partial charge in [-0.3, -0.25) is 9.59 Å². The third-order valence-electron chi connectivity index (χ3n) is 5.64. The van der Waals surface area contributed by atoms with Crippen LogP contribution in [0.5, 0.6) is 0 Å². The van der Waals surface area contributed by atoms with Gasteiger partial charge in [-0.2, -0.15) is 0 Å². The van der Waals surface area contributed by atoms with Crippen LogP contribution in [-0.2, 0) is 4.79 Å². The number of carbonyl (C=O) groups excluding carboxylic acids is 2. The second kappa shape index (κ2) is 7.72. The van der Waals surface area contributed by atoms with Crippen molar-refractivity contribution in [2.75, 3.05) is 26.2 Å². The molecule has 1 saturated carbocycles. The molecule has 3 heterocycles. The summed E-state index contributed by atoms with van der Waals surface area (Å²) in [6.45, 7) is 2.35. The number of piperazine rings is 1. The fourth-order valence-corrected chi connectivity index (χ4v) is 5.60. The van der Waals surface area contributed by atoms with Crippen LogP contribution in [0.15, 0.2) is 53.2 Å². The number of nitrogens with zero attached hydrogens (tertiary/aromatic N) is 3. The minimum absolute atomic E-state index is 0.0431. The maximum Gasteiger partial charge on any atom is 0.273 e. The van der Waals surface area contributed by atoms with Gasteiger partial charge in [0.1, 0.15) is 10.7 Å². The molecule has 2 aromatic heterocycles. The van der Waals surface area contributed by atoms with Crippen LogP contribution in [0.1, 0.15) is 27.7 Å². The van der Waals surface area contributed by atoms with Gasteiger partial charge in [-0.15, -0.1) is 22.7 Å². The van der Waals surface area contributed by atoms with Crippen molar-refractivity contribution in [2.24, 2.45) is 5.92 Å².